The molecule has 0 aliphatic rings. The van der Waals surface area contributed by atoms with E-state index in [0.717, 1.165) is 38.2 Å². The molecule has 1 unspecified atom stereocenters. The summed E-state index contributed by atoms with van der Waals surface area (Å²) in [6.07, 6.45) is 2.19. The van der Waals surface area contributed by atoms with Crippen LogP contribution in [0.2, 0.25) is 0 Å². The number of rotatable bonds is 8. The van der Waals surface area contributed by atoms with Crippen molar-refractivity contribution in [2.24, 2.45) is 11.7 Å². The Balaban J connectivity index is 2.73. The van der Waals surface area contributed by atoms with Gasteiger partial charge in [-0.3, -0.25) is 0 Å². The molecule has 0 amide bonds. The zero-order valence-corrected chi connectivity index (χ0v) is 12.8. The van der Waals surface area contributed by atoms with Crippen molar-refractivity contribution in [3.8, 4) is 5.75 Å². The van der Waals surface area contributed by atoms with E-state index in [1.54, 1.807) is 7.11 Å². The van der Waals surface area contributed by atoms with Crippen molar-refractivity contribution >= 4 is 0 Å². The molecule has 0 aliphatic heterocycles. The SMILES string of the molecule is CCc1ccc(OC)c(CN(C)CC(CC)CN)c1. The molecule has 0 saturated carbocycles. The molecule has 0 radical (unpaired) electrons. The van der Waals surface area contributed by atoms with Gasteiger partial charge < -0.3 is 15.4 Å². The lowest BCUT2D eigenvalue weighted by molar-refractivity contribution is 0.264. The molecule has 0 aliphatic carbocycles. The monoisotopic (exact) mass is 264 g/mol. The van der Waals surface area contributed by atoms with E-state index in [1.165, 1.54) is 11.1 Å². The third-order valence-electron chi connectivity index (χ3n) is 3.67. The van der Waals surface area contributed by atoms with Crippen LogP contribution >= 0.6 is 0 Å². The van der Waals surface area contributed by atoms with Crippen molar-refractivity contribution in [3.63, 3.8) is 0 Å². The number of ether oxygens (including phenoxy) is 1. The van der Waals surface area contributed by atoms with Gasteiger partial charge in [-0.05, 0) is 37.6 Å². The minimum absolute atomic E-state index is 0.574. The molecular weight excluding hydrogens is 236 g/mol. The van der Waals surface area contributed by atoms with Gasteiger partial charge in [0.05, 0.1) is 7.11 Å². The first-order valence-corrected chi connectivity index (χ1v) is 7.18. The number of aryl methyl sites for hydroxylation is 1. The average Bonchev–Trinajstić information content (AvgIpc) is 2.44. The fraction of sp³-hybridized carbons (Fsp3) is 0.625. The first kappa shape index (κ1) is 16.0. The van der Waals surface area contributed by atoms with Crippen molar-refractivity contribution in [3.05, 3.63) is 29.3 Å². The molecule has 0 saturated heterocycles. The van der Waals surface area contributed by atoms with E-state index in [2.05, 4.69) is 44.0 Å². The normalized spacial score (nSPS) is 12.7. The quantitative estimate of drug-likeness (QED) is 0.784. The van der Waals surface area contributed by atoms with E-state index in [9.17, 15) is 0 Å². The maximum absolute atomic E-state index is 5.78. The minimum Gasteiger partial charge on any atom is -0.496 e. The summed E-state index contributed by atoms with van der Waals surface area (Å²) < 4.78 is 5.45. The number of hydrogen-bond donors (Lipinski definition) is 1. The Hall–Kier alpha value is -1.06. The van der Waals surface area contributed by atoms with E-state index < -0.39 is 0 Å². The van der Waals surface area contributed by atoms with Crippen LogP contribution in [0, 0.1) is 5.92 Å². The first-order chi connectivity index (χ1) is 9.14. The fourth-order valence-corrected chi connectivity index (χ4v) is 2.34. The Morgan fingerprint density at radius 1 is 1.32 bits per heavy atom. The van der Waals surface area contributed by atoms with Gasteiger partial charge in [0.25, 0.3) is 0 Å². The van der Waals surface area contributed by atoms with Crippen LogP contribution in [0.25, 0.3) is 0 Å². The summed E-state index contributed by atoms with van der Waals surface area (Å²) in [6.45, 7) is 7.08. The number of methoxy groups -OCH3 is 1. The summed E-state index contributed by atoms with van der Waals surface area (Å²) >= 11 is 0. The maximum atomic E-state index is 5.78. The molecule has 0 fully saturated rings. The second-order valence-corrected chi connectivity index (χ2v) is 5.21. The molecule has 0 bridgehead atoms. The van der Waals surface area contributed by atoms with Crippen LogP contribution in [0.1, 0.15) is 31.4 Å². The molecule has 2 N–H and O–H groups in total. The highest BCUT2D eigenvalue weighted by Gasteiger charge is 2.11. The van der Waals surface area contributed by atoms with Gasteiger partial charge in [0.1, 0.15) is 5.75 Å². The predicted octanol–water partition coefficient (Wildman–Crippen LogP) is 2.67. The van der Waals surface area contributed by atoms with Crippen LogP contribution in [-0.4, -0.2) is 32.1 Å². The van der Waals surface area contributed by atoms with E-state index in [-0.39, 0.29) is 0 Å². The Kier molecular flexibility index (Phi) is 6.89. The summed E-state index contributed by atoms with van der Waals surface area (Å²) in [5, 5.41) is 0. The van der Waals surface area contributed by atoms with E-state index in [0.29, 0.717) is 5.92 Å². The number of benzene rings is 1. The van der Waals surface area contributed by atoms with Crippen LogP contribution in [0.15, 0.2) is 18.2 Å². The number of nitrogens with zero attached hydrogens (tertiary/aromatic N) is 1. The van der Waals surface area contributed by atoms with Crippen molar-refractivity contribution in [2.45, 2.75) is 33.2 Å². The molecule has 3 nitrogen and oxygen atoms in total. The third kappa shape index (κ3) is 4.84. The van der Waals surface area contributed by atoms with Crippen molar-refractivity contribution in [1.82, 2.24) is 4.90 Å². The smallest absolute Gasteiger partial charge is 0.123 e. The van der Waals surface area contributed by atoms with Gasteiger partial charge in [0.2, 0.25) is 0 Å². The zero-order valence-electron chi connectivity index (χ0n) is 12.8. The van der Waals surface area contributed by atoms with Crippen LogP contribution < -0.4 is 10.5 Å². The topological polar surface area (TPSA) is 38.5 Å². The van der Waals surface area contributed by atoms with Crippen molar-refractivity contribution < 1.29 is 4.74 Å². The van der Waals surface area contributed by atoms with Gasteiger partial charge in [-0.25, -0.2) is 0 Å². The highest BCUT2D eigenvalue weighted by atomic mass is 16.5. The van der Waals surface area contributed by atoms with Gasteiger partial charge >= 0.3 is 0 Å². The van der Waals surface area contributed by atoms with E-state index >= 15 is 0 Å². The lowest BCUT2D eigenvalue weighted by Crippen LogP contribution is -2.29. The average molecular weight is 264 g/mol. The molecule has 3 heteroatoms. The van der Waals surface area contributed by atoms with Gasteiger partial charge in [-0.2, -0.15) is 0 Å². The summed E-state index contributed by atoms with van der Waals surface area (Å²) in [4.78, 5) is 2.33. The summed E-state index contributed by atoms with van der Waals surface area (Å²) in [7, 11) is 3.88. The zero-order chi connectivity index (χ0) is 14.3. The van der Waals surface area contributed by atoms with Gasteiger partial charge in [-0.15, -0.1) is 0 Å². The highest BCUT2D eigenvalue weighted by molar-refractivity contribution is 5.37. The molecule has 19 heavy (non-hydrogen) atoms. The third-order valence-corrected chi connectivity index (χ3v) is 3.67. The van der Waals surface area contributed by atoms with E-state index in [1.807, 2.05) is 0 Å². The molecule has 1 aromatic carbocycles. The first-order valence-electron chi connectivity index (χ1n) is 7.18. The molecule has 1 atom stereocenters. The lowest BCUT2D eigenvalue weighted by Gasteiger charge is -2.23. The Bertz CT molecular complexity index is 375. The van der Waals surface area contributed by atoms with Crippen LogP contribution in [0.5, 0.6) is 5.75 Å². The lowest BCUT2D eigenvalue weighted by atomic mass is 10.0. The Morgan fingerprint density at radius 2 is 2.05 bits per heavy atom. The van der Waals surface area contributed by atoms with Crippen LogP contribution in [0.3, 0.4) is 0 Å². The largest absolute Gasteiger partial charge is 0.496 e. The maximum Gasteiger partial charge on any atom is 0.123 e. The number of nitrogens with two attached hydrogens (primary N) is 1. The fourth-order valence-electron chi connectivity index (χ4n) is 2.34. The molecule has 1 aromatic rings. The molecule has 108 valence electrons. The Morgan fingerprint density at radius 3 is 2.58 bits per heavy atom. The predicted molar refractivity (Wildman–Crippen MR) is 81.5 cm³/mol. The summed E-state index contributed by atoms with van der Waals surface area (Å²) in [6, 6.07) is 6.46. The molecule has 0 aromatic heterocycles. The standard InChI is InChI=1S/C16H28N2O/c1-5-13-7-8-16(19-4)15(9-13)12-18(3)11-14(6-2)10-17/h7-9,14H,5-6,10-12,17H2,1-4H3. The van der Waals surface area contributed by atoms with E-state index in [4.69, 9.17) is 10.5 Å². The highest BCUT2D eigenvalue weighted by Crippen LogP contribution is 2.22. The molecule has 0 heterocycles. The van der Waals surface area contributed by atoms with Gasteiger partial charge in [0, 0.05) is 18.7 Å². The molecule has 0 spiro atoms. The minimum atomic E-state index is 0.574. The summed E-state index contributed by atoms with van der Waals surface area (Å²) in [5.74, 6) is 1.55. The second-order valence-electron chi connectivity index (χ2n) is 5.21. The number of hydrogen-bond acceptors (Lipinski definition) is 3. The summed E-state index contributed by atoms with van der Waals surface area (Å²) in [5.41, 5.74) is 8.39. The van der Waals surface area contributed by atoms with Crippen molar-refractivity contribution in [1.29, 1.82) is 0 Å². The van der Waals surface area contributed by atoms with Crippen LogP contribution in [-0.2, 0) is 13.0 Å². The second kappa shape index (κ2) is 8.18. The molecule has 1 rings (SSSR count). The Labute approximate surface area is 117 Å². The van der Waals surface area contributed by atoms with Crippen molar-refractivity contribution in [2.75, 3.05) is 27.2 Å². The van der Waals surface area contributed by atoms with Gasteiger partial charge in [-0.1, -0.05) is 32.4 Å². The van der Waals surface area contributed by atoms with Crippen LogP contribution in [0.4, 0.5) is 0 Å². The van der Waals surface area contributed by atoms with Gasteiger partial charge in [0.15, 0.2) is 0 Å². The molecular formula is C16H28N2O.